The topological polar surface area (TPSA) is 75.4 Å². The van der Waals surface area contributed by atoms with Crippen molar-refractivity contribution in [2.24, 2.45) is 5.73 Å². The quantitative estimate of drug-likeness (QED) is 0.867. The lowest BCUT2D eigenvalue weighted by atomic mass is 10.00. The van der Waals surface area contributed by atoms with Crippen molar-refractivity contribution in [2.45, 2.75) is 32.7 Å². The maximum absolute atomic E-state index is 12.8. The first-order chi connectivity index (χ1) is 10.0. The van der Waals surface area contributed by atoms with Crippen molar-refractivity contribution < 1.29 is 9.59 Å². The van der Waals surface area contributed by atoms with E-state index in [-0.39, 0.29) is 18.5 Å². The smallest absolute Gasteiger partial charge is 0.254 e. The minimum atomic E-state index is -0.473. The maximum atomic E-state index is 12.8. The van der Waals surface area contributed by atoms with Crippen LogP contribution in [0.5, 0.6) is 0 Å². The highest BCUT2D eigenvalue weighted by molar-refractivity contribution is 5.98. The number of piperidine rings is 1. The van der Waals surface area contributed by atoms with E-state index in [2.05, 4.69) is 5.32 Å². The van der Waals surface area contributed by atoms with E-state index < -0.39 is 5.91 Å². The number of aryl methyl sites for hydroxylation is 1. The lowest BCUT2D eigenvalue weighted by Gasteiger charge is -2.34. The summed E-state index contributed by atoms with van der Waals surface area (Å²) >= 11 is 0. The van der Waals surface area contributed by atoms with Crippen LogP contribution < -0.4 is 11.1 Å². The standard InChI is InChI=1S/C16H23N3O2/c1-11-5-3-7-14(12(11)2)16(21)19(10-15(17)20)13-6-4-8-18-9-13/h3,5,7,13,18H,4,6,8-10H2,1-2H3,(H2,17,20). The van der Waals surface area contributed by atoms with Crippen LogP contribution in [0.3, 0.4) is 0 Å². The molecule has 1 fully saturated rings. The van der Waals surface area contributed by atoms with Crippen molar-refractivity contribution in [2.75, 3.05) is 19.6 Å². The highest BCUT2D eigenvalue weighted by atomic mass is 16.2. The zero-order chi connectivity index (χ0) is 15.4. The van der Waals surface area contributed by atoms with Gasteiger partial charge >= 0.3 is 0 Å². The van der Waals surface area contributed by atoms with E-state index >= 15 is 0 Å². The maximum Gasteiger partial charge on any atom is 0.254 e. The third kappa shape index (κ3) is 3.61. The van der Waals surface area contributed by atoms with E-state index in [1.807, 2.05) is 32.0 Å². The predicted molar refractivity (Wildman–Crippen MR) is 82.0 cm³/mol. The van der Waals surface area contributed by atoms with Crippen molar-refractivity contribution in [3.63, 3.8) is 0 Å². The number of amides is 2. The molecular weight excluding hydrogens is 266 g/mol. The van der Waals surface area contributed by atoms with Gasteiger partial charge in [0.05, 0.1) is 6.54 Å². The van der Waals surface area contributed by atoms with Gasteiger partial charge < -0.3 is 16.0 Å². The number of primary amides is 1. The molecule has 0 spiro atoms. The summed E-state index contributed by atoms with van der Waals surface area (Å²) in [5.41, 5.74) is 8.02. The van der Waals surface area contributed by atoms with E-state index in [9.17, 15) is 9.59 Å². The van der Waals surface area contributed by atoms with Crippen molar-refractivity contribution in [1.29, 1.82) is 0 Å². The van der Waals surface area contributed by atoms with Gasteiger partial charge in [-0.05, 0) is 50.4 Å². The molecular formula is C16H23N3O2. The molecule has 1 saturated heterocycles. The monoisotopic (exact) mass is 289 g/mol. The molecule has 3 N–H and O–H groups in total. The average Bonchev–Trinajstić information content (AvgIpc) is 2.48. The molecule has 0 aliphatic carbocycles. The molecule has 114 valence electrons. The van der Waals surface area contributed by atoms with E-state index in [1.54, 1.807) is 4.90 Å². The number of hydrogen-bond donors (Lipinski definition) is 2. The van der Waals surface area contributed by atoms with Crippen molar-refractivity contribution in [3.05, 3.63) is 34.9 Å². The summed E-state index contributed by atoms with van der Waals surface area (Å²) in [6.07, 6.45) is 1.90. The van der Waals surface area contributed by atoms with Crippen LogP contribution in [-0.4, -0.2) is 42.4 Å². The Morgan fingerprint density at radius 3 is 2.76 bits per heavy atom. The fourth-order valence-electron chi connectivity index (χ4n) is 2.77. The molecule has 0 aromatic heterocycles. The summed E-state index contributed by atoms with van der Waals surface area (Å²) in [5, 5.41) is 3.27. The number of nitrogens with two attached hydrogens (primary N) is 1. The van der Waals surface area contributed by atoms with Crippen molar-refractivity contribution in [3.8, 4) is 0 Å². The fraction of sp³-hybridized carbons (Fsp3) is 0.500. The van der Waals surface area contributed by atoms with Crippen molar-refractivity contribution in [1.82, 2.24) is 10.2 Å². The van der Waals surface area contributed by atoms with Crippen LogP contribution in [0.25, 0.3) is 0 Å². The minimum Gasteiger partial charge on any atom is -0.368 e. The van der Waals surface area contributed by atoms with Gasteiger partial charge in [-0.1, -0.05) is 12.1 Å². The van der Waals surface area contributed by atoms with E-state index in [0.29, 0.717) is 12.1 Å². The third-order valence-electron chi connectivity index (χ3n) is 4.13. The lowest BCUT2D eigenvalue weighted by Crippen LogP contribution is -2.51. The largest absolute Gasteiger partial charge is 0.368 e. The second-order valence-corrected chi connectivity index (χ2v) is 5.65. The summed E-state index contributed by atoms with van der Waals surface area (Å²) in [6, 6.07) is 5.69. The van der Waals surface area contributed by atoms with E-state index in [1.165, 1.54) is 0 Å². The van der Waals surface area contributed by atoms with Gasteiger partial charge in [-0.2, -0.15) is 0 Å². The van der Waals surface area contributed by atoms with Gasteiger partial charge in [0.25, 0.3) is 5.91 Å². The van der Waals surface area contributed by atoms with Crippen LogP contribution in [0.2, 0.25) is 0 Å². The van der Waals surface area contributed by atoms with Gasteiger partial charge in [-0.3, -0.25) is 9.59 Å². The van der Waals surface area contributed by atoms with Gasteiger partial charge in [0.2, 0.25) is 5.91 Å². The van der Waals surface area contributed by atoms with Crippen LogP contribution in [0.4, 0.5) is 0 Å². The highest BCUT2D eigenvalue weighted by Crippen LogP contribution is 2.18. The third-order valence-corrected chi connectivity index (χ3v) is 4.13. The summed E-state index contributed by atoms with van der Waals surface area (Å²) in [5.74, 6) is -0.581. The second-order valence-electron chi connectivity index (χ2n) is 5.65. The average molecular weight is 289 g/mol. The summed E-state index contributed by atoms with van der Waals surface area (Å²) < 4.78 is 0. The van der Waals surface area contributed by atoms with Crippen molar-refractivity contribution >= 4 is 11.8 Å². The Balaban J connectivity index is 2.28. The molecule has 5 heteroatoms. The predicted octanol–water partition coefficient (Wildman–Crippen LogP) is 0.983. The molecule has 0 bridgehead atoms. The van der Waals surface area contributed by atoms with Gasteiger partial charge in [0.15, 0.2) is 0 Å². The Hall–Kier alpha value is -1.88. The van der Waals surface area contributed by atoms with Gasteiger partial charge in [-0.15, -0.1) is 0 Å². The number of nitrogens with zero attached hydrogens (tertiary/aromatic N) is 1. The number of nitrogens with one attached hydrogen (secondary N) is 1. The minimum absolute atomic E-state index is 0.0265. The van der Waals surface area contributed by atoms with Crippen LogP contribution in [-0.2, 0) is 4.79 Å². The molecule has 2 amide bonds. The van der Waals surface area contributed by atoms with Gasteiger partial charge in [-0.25, -0.2) is 0 Å². The Morgan fingerprint density at radius 1 is 1.38 bits per heavy atom. The van der Waals surface area contributed by atoms with Crippen LogP contribution >= 0.6 is 0 Å². The fourth-order valence-corrected chi connectivity index (χ4v) is 2.77. The molecule has 1 aromatic carbocycles. The first kappa shape index (κ1) is 15.5. The van der Waals surface area contributed by atoms with Gasteiger partial charge in [0.1, 0.15) is 0 Å². The Bertz CT molecular complexity index is 536. The molecule has 2 rings (SSSR count). The van der Waals surface area contributed by atoms with Crippen LogP contribution in [0, 0.1) is 13.8 Å². The SMILES string of the molecule is Cc1cccc(C(=O)N(CC(N)=O)C2CCCNC2)c1C. The Kier molecular flexibility index (Phi) is 4.96. The number of benzene rings is 1. The lowest BCUT2D eigenvalue weighted by molar-refractivity contribution is -0.119. The van der Waals surface area contributed by atoms with E-state index in [4.69, 9.17) is 5.73 Å². The highest BCUT2D eigenvalue weighted by Gasteiger charge is 2.28. The number of carbonyl (C=O) groups excluding carboxylic acids is 2. The molecule has 21 heavy (non-hydrogen) atoms. The molecule has 1 unspecified atom stereocenters. The number of hydrogen-bond acceptors (Lipinski definition) is 3. The Labute approximate surface area is 125 Å². The molecule has 1 aliphatic rings. The molecule has 1 heterocycles. The Morgan fingerprint density at radius 2 is 2.14 bits per heavy atom. The van der Waals surface area contributed by atoms with Gasteiger partial charge in [0, 0.05) is 18.2 Å². The molecule has 1 aliphatic heterocycles. The van der Waals surface area contributed by atoms with Crippen LogP contribution in [0.15, 0.2) is 18.2 Å². The number of rotatable bonds is 4. The molecule has 1 aromatic rings. The van der Waals surface area contributed by atoms with E-state index in [0.717, 1.165) is 30.5 Å². The van der Waals surface area contributed by atoms with Crippen LogP contribution in [0.1, 0.15) is 34.3 Å². The molecule has 0 radical (unpaired) electrons. The first-order valence-corrected chi connectivity index (χ1v) is 7.37. The molecule has 5 nitrogen and oxygen atoms in total. The zero-order valence-corrected chi connectivity index (χ0v) is 12.7. The summed E-state index contributed by atoms with van der Waals surface area (Å²) in [6.45, 7) is 5.55. The molecule has 0 saturated carbocycles. The normalized spacial score (nSPS) is 18.3. The molecule has 1 atom stereocenters. The summed E-state index contributed by atoms with van der Waals surface area (Å²) in [4.78, 5) is 25.8. The first-order valence-electron chi connectivity index (χ1n) is 7.37. The number of carbonyl (C=O) groups is 2. The summed E-state index contributed by atoms with van der Waals surface area (Å²) in [7, 11) is 0. The second kappa shape index (κ2) is 6.72. The zero-order valence-electron chi connectivity index (χ0n) is 12.7.